The summed E-state index contributed by atoms with van der Waals surface area (Å²) < 4.78 is 16.5. The lowest BCUT2D eigenvalue weighted by Crippen LogP contribution is -2.49. The molecular weight excluding hydrogens is 431 g/mol. The van der Waals surface area contributed by atoms with Gasteiger partial charge in [-0.15, -0.1) is 0 Å². The van der Waals surface area contributed by atoms with Crippen LogP contribution in [0.4, 0.5) is 15.8 Å². The molecule has 1 aliphatic carbocycles. The van der Waals surface area contributed by atoms with Crippen molar-refractivity contribution in [2.24, 2.45) is 10.9 Å². The van der Waals surface area contributed by atoms with Crippen molar-refractivity contribution in [3.63, 3.8) is 0 Å². The molecule has 0 unspecified atom stereocenters. The summed E-state index contributed by atoms with van der Waals surface area (Å²) in [5.41, 5.74) is 5.34. The van der Waals surface area contributed by atoms with Gasteiger partial charge in [0.25, 0.3) is 5.91 Å². The lowest BCUT2D eigenvalue weighted by Gasteiger charge is -2.38. The maximum Gasteiger partial charge on any atom is 0.261 e. The number of rotatable bonds is 5. The molecule has 3 N–H and O–H groups in total. The fourth-order valence-electron chi connectivity index (χ4n) is 4.64. The van der Waals surface area contributed by atoms with E-state index < -0.39 is 0 Å². The Hall–Kier alpha value is -3.04. The van der Waals surface area contributed by atoms with Gasteiger partial charge >= 0.3 is 0 Å². The van der Waals surface area contributed by atoms with Crippen molar-refractivity contribution < 1.29 is 19.1 Å². The van der Waals surface area contributed by atoms with E-state index in [4.69, 9.17) is 4.84 Å². The molecule has 2 aliphatic heterocycles. The van der Waals surface area contributed by atoms with Gasteiger partial charge in [-0.05, 0) is 60.7 Å². The molecule has 32 heavy (non-hydrogen) atoms. The Labute approximate surface area is 189 Å². The fourth-order valence-corrected chi connectivity index (χ4v) is 5.40. The average molecular weight is 455 g/mol. The van der Waals surface area contributed by atoms with Gasteiger partial charge in [-0.1, -0.05) is 18.6 Å². The molecule has 1 saturated carbocycles. The molecule has 0 spiro atoms. The van der Waals surface area contributed by atoms with Crippen LogP contribution in [-0.2, 0) is 16.2 Å². The van der Waals surface area contributed by atoms with Crippen LogP contribution in [0.15, 0.2) is 63.7 Å². The topological polar surface area (TPSA) is 86.2 Å². The predicted octanol–water partition coefficient (Wildman–Crippen LogP) is 4.46. The second kappa shape index (κ2) is 8.48. The van der Waals surface area contributed by atoms with E-state index in [-0.39, 0.29) is 35.0 Å². The van der Waals surface area contributed by atoms with E-state index in [2.05, 4.69) is 15.2 Å². The first-order valence-corrected chi connectivity index (χ1v) is 11.3. The van der Waals surface area contributed by atoms with E-state index in [1.807, 2.05) is 18.2 Å². The number of hydrogen-bond donors (Lipinski definition) is 3. The van der Waals surface area contributed by atoms with Gasteiger partial charge in [-0.2, -0.15) is 0 Å². The molecule has 2 heterocycles. The highest BCUT2D eigenvalue weighted by atomic mass is 32.2. The van der Waals surface area contributed by atoms with Crippen molar-refractivity contribution in [1.29, 1.82) is 0 Å². The maximum absolute atomic E-state index is 13.6. The first kappa shape index (κ1) is 20.8. The summed E-state index contributed by atoms with van der Waals surface area (Å²) in [6.07, 6.45) is 2.59. The lowest BCUT2D eigenvalue weighted by molar-refractivity contribution is -0.132. The highest BCUT2D eigenvalue weighted by Crippen LogP contribution is 2.42. The van der Waals surface area contributed by atoms with E-state index in [1.165, 1.54) is 24.1 Å². The number of nitrogens with one attached hydrogen (secondary N) is 2. The van der Waals surface area contributed by atoms with Crippen LogP contribution >= 0.6 is 11.9 Å². The number of carbonyl (C=O) groups excluding carboxylic acids is 1. The Morgan fingerprint density at radius 3 is 2.88 bits per heavy atom. The third-order valence-electron chi connectivity index (χ3n) is 6.13. The van der Waals surface area contributed by atoms with Gasteiger partial charge < -0.3 is 14.7 Å². The molecule has 7 nitrogen and oxygen atoms in total. The molecule has 0 saturated heterocycles. The van der Waals surface area contributed by atoms with Gasteiger partial charge in [0.2, 0.25) is 0 Å². The summed E-state index contributed by atoms with van der Waals surface area (Å²) in [6.45, 7) is 0.361. The number of fused-ring (bicyclic) bond motifs is 2. The number of nitrogens with zero attached hydrogens (tertiary/aromatic N) is 2. The van der Waals surface area contributed by atoms with Crippen LogP contribution in [0.5, 0.6) is 0 Å². The number of aliphatic imine (C=N–C) groups is 1. The number of aliphatic hydroxyl groups is 1. The fraction of sp³-hybridized carbons (Fsp3) is 0.304. The molecule has 1 amide bonds. The summed E-state index contributed by atoms with van der Waals surface area (Å²) in [5.74, 6) is -0.223. The Balaban J connectivity index is 1.49. The highest BCUT2D eigenvalue weighted by Gasteiger charge is 2.45. The number of aliphatic hydroxyl groups excluding tert-OH is 1. The van der Waals surface area contributed by atoms with Crippen molar-refractivity contribution in [3.8, 4) is 0 Å². The van der Waals surface area contributed by atoms with Crippen LogP contribution in [0.25, 0.3) is 0 Å². The predicted molar refractivity (Wildman–Crippen MR) is 121 cm³/mol. The van der Waals surface area contributed by atoms with Crippen LogP contribution in [0.1, 0.15) is 24.8 Å². The second-order valence-electron chi connectivity index (χ2n) is 8.08. The zero-order valence-electron chi connectivity index (χ0n) is 17.5. The quantitative estimate of drug-likeness (QED) is 0.457. The Morgan fingerprint density at radius 2 is 2.09 bits per heavy atom. The van der Waals surface area contributed by atoms with Crippen molar-refractivity contribution >= 4 is 35.1 Å². The van der Waals surface area contributed by atoms with Crippen LogP contribution in [0.2, 0.25) is 0 Å². The lowest BCUT2D eigenvalue weighted by atomic mass is 9.90. The smallest absolute Gasteiger partial charge is 0.261 e. The van der Waals surface area contributed by atoms with Gasteiger partial charge in [-0.3, -0.25) is 15.1 Å². The number of halogens is 1. The molecule has 0 bridgehead atoms. The van der Waals surface area contributed by atoms with Gasteiger partial charge in [0.1, 0.15) is 17.1 Å². The van der Waals surface area contributed by atoms with Crippen molar-refractivity contribution in [2.75, 3.05) is 12.6 Å². The van der Waals surface area contributed by atoms with E-state index in [1.54, 1.807) is 24.1 Å². The second-order valence-corrected chi connectivity index (χ2v) is 8.93. The van der Waals surface area contributed by atoms with E-state index >= 15 is 0 Å². The number of benzene rings is 2. The van der Waals surface area contributed by atoms with Gasteiger partial charge in [-0.25, -0.2) is 9.38 Å². The van der Waals surface area contributed by atoms with Crippen LogP contribution < -0.4 is 10.2 Å². The van der Waals surface area contributed by atoms with Gasteiger partial charge in [0.05, 0.1) is 23.4 Å². The summed E-state index contributed by atoms with van der Waals surface area (Å²) in [7, 11) is 1.54. The van der Waals surface area contributed by atoms with Crippen molar-refractivity contribution in [3.05, 3.63) is 65.2 Å². The monoisotopic (exact) mass is 454 g/mol. The number of carbonyl (C=O) groups is 1. The molecule has 2 aromatic rings. The van der Waals surface area contributed by atoms with Crippen molar-refractivity contribution in [1.82, 2.24) is 9.62 Å². The van der Waals surface area contributed by atoms with E-state index in [0.717, 1.165) is 35.4 Å². The standard InChI is InChI=1S/C23H23FN4O3S/c1-31-26-15-9-10-17-19(11-15)32-27-22(25-17)20-21(29)16-3-2-4-18(16)28(23(20)30)12-13-5-7-14(24)8-6-13/h5-11,16,18,26,29H,2-4,12H2,1H3,(H,25,27)/t16-,18+/m1/s1. The van der Waals surface area contributed by atoms with Crippen LogP contribution in [0.3, 0.4) is 0 Å². The van der Waals surface area contributed by atoms with Crippen LogP contribution in [-0.4, -0.2) is 34.9 Å². The minimum atomic E-state index is -0.309. The minimum Gasteiger partial charge on any atom is -0.511 e. The SMILES string of the molecule is CONc1ccc2c(c1)SNC(C1=C(O)[C@@H]3CCC[C@@H]3N(Cc3ccc(F)cc3)C1=O)=N2. The van der Waals surface area contributed by atoms with Gasteiger partial charge in [0.15, 0.2) is 5.84 Å². The molecule has 3 aliphatic rings. The summed E-state index contributed by atoms with van der Waals surface area (Å²) in [4.78, 5) is 25.8. The average Bonchev–Trinajstić information content (AvgIpc) is 3.28. The first-order chi connectivity index (χ1) is 15.5. The summed E-state index contributed by atoms with van der Waals surface area (Å²) in [6, 6.07) is 11.7. The van der Waals surface area contributed by atoms with E-state index in [0.29, 0.717) is 18.1 Å². The molecule has 0 radical (unpaired) electrons. The number of hydrogen-bond acceptors (Lipinski definition) is 7. The summed E-state index contributed by atoms with van der Waals surface area (Å²) in [5, 5.41) is 11.1. The Bertz CT molecular complexity index is 1120. The minimum absolute atomic E-state index is 0.0666. The summed E-state index contributed by atoms with van der Waals surface area (Å²) >= 11 is 1.33. The van der Waals surface area contributed by atoms with Crippen LogP contribution in [0, 0.1) is 11.7 Å². The molecule has 2 aromatic carbocycles. The molecule has 5 rings (SSSR count). The number of anilines is 1. The Morgan fingerprint density at radius 1 is 1.28 bits per heavy atom. The number of amides is 1. The highest BCUT2D eigenvalue weighted by molar-refractivity contribution is 7.98. The maximum atomic E-state index is 13.6. The molecule has 1 fully saturated rings. The zero-order chi connectivity index (χ0) is 22.2. The zero-order valence-corrected chi connectivity index (χ0v) is 18.3. The molecule has 0 aromatic heterocycles. The Kier molecular flexibility index (Phi) is 5.52. The first-order valence-electron chi connectivity index (χ1n) is 10.5. The molecular formula is C23H23FN4O3S. The third-order valence-corrected chi connectivity index (χ3v) is 6.98. The largest absolute Gasteiger partial charge is 0.511 e. The van der Waals surface area contributed by atoms with Gasteiger partial charge in [0, 0.05) is 18.5 Å². The number of amidine groups is 1. The van der Waals surface area contributed by atoms with Crippen molar-refractivity contribution in [2.45, 2.75) is 36.7 Å². The van der Waals surface area contributed by atoms with E-state index in [9.17, 15) is 14.3 Å². The third kappa shape index (κ3) is 3.71. The molecule has 2 atom stereocenters. The normalized spacial score (nSPS) is 22.2. The molecule has 9 heteroatoms. The molecule has 166 valence electrons.